The lowest BCUT2D eigenvalue weighted by Crippen LogP contribution is -2.32. The third kappa shape index (κ3) is 2.80. The highest BCUT2D eigenvalue weighted by Gasteiger charge is 2.31. The maximum Gasteiger partial charge on any atom is 0.266 e. The van der Waals surface area contributed by atoms with E-state index in [2.05, 4.69) is 45.4 Å². The van der Waals surface area contributed by atoms with Crippen molar-refractivity contribution < 1.29 is 4.52 Å². The Kier molecular flexibility index (Phi) is 3.47. The van der Waals surface area contributed by atoms with Crippen LogP contribution in [0, 0.1) is 0 Å². The Balaban J connectivity index is 1.78. The summed E-state index contributed by atoms with van der Waals surface area (Å²) < 4.78 is 7.50. The fourth-order valence-corrected chi connectivity index (χ4v) is 2.75. The molecule has 2 aromatic rings. The van der Waals surface area contributed by atoms with Crippen molar-refractivity contribution in [1.82, 2.24) is 19.7 Å². The van der Waals surface area contributed by atoms with Crippen molar-refractivity contribution in [3.05, 3.63) is 24.1 Å². The van der Waals surface area contributed by atoms with Crippen LogP contribution in [-0.2, 0) is 18.9 Å². The third-order valence-electron chi connectivity index (χ3n) is 4.03. The zero-order chi connectivity index (χ0) is 15.0. The Hall–Kier alpha value is -1.85. The fourth-order valence-electron chi connectivity index (χ4n) is 2.75. The summed E-state index contributed by atoms with van der Waals surface area (Å²) in [5.74, 6) is 2.52. The highest BCUT2D eigenvalue weighted by atomic mass is 16.5. The van der Waals surface area contributed by atoms with E-state index in [1.165, 1.54) is 0 Å². The van der Waals surface area contributed by atoms with Crippen molar-refractivity contribution in [2.45, 2.75) is 51.5 Å². The van der Waals surface area contributed by atoms with Gasteiger partial charge < -0.3 is 14.0 Å². The highest BCUT2D eigenvalue weighted by molar-refractivity contribution is 5.33. The normalized spacial score (nSPS) is 19.4. The molecule has 114 valence electrons. The lowest BCUT2D eigenvalue weighted by atomic mass is 9.97. The Morgan fingerprint density at radius 3 is 2.81 bits per heavy atom. The smallest absolute Gasteiger partial charge is 0.266 e. The van der Waals surface area contributed by atoms with Crippen LogP contribution in [0.5, 0.6) is 0 Å². The van der Waals surface area contributed by atoms with E-state index in [9.17, 15) is 0 Å². The summed E-state index contributed by atoms with van der Waals surface area (Å²) in [4.78, 5) is 11.3. The van der Waals surface area contributed by atoms with Gasteiger partial charge in [0.2, 0.25) is 5.89 Å². The van der Waals surface area contributed by atoms with E-state index in [0.29, 0.717) is 11.9 Å². The van der Waals surface area contributed by atoms with Crippen molar-refractivity contribution >= 4 is 5.95 Å². The number of anilines is 1. The first-order valence-corrected chi connectivity index (χ1v) is 7.52. The first-order chi connectivity index (χ1) is 9.95. The number of rotatable bonds is 3. The van der Waals surface area contributed by atoms with Crippen LogP contribution in [0.2, 0.25) is 0 Å². The van der Waals surface area contributed by atoms with Gasteiger partial charge in [0.05, 0.1) is 0 Å². The van der Waals surface area contributed by atoms with Gasteiger partial charge in [0.15, 0.2) is 0 Å². The fraction of sp³-hybridized carbons (Fsp3) is 0.667. The summed E-state index contributed by atoms with van der Waals surface area (Å²) in [5.41, 5.74) is -0.111. The van der Waals surface area contributed by atoms with Gasteiger partial charge in [-0.2, -0.15) is 4.98 Å². The molecule has 0 amide bonds. The van der Waals surface area contributed by atoms with Crippen molar-refractivity contribution in [2.24, 2.45) is 7.05 Å². The van der Waals surface area contributed by atoms with Crippen molar-refractivity contribution in [1.29, 1.82) is 0 Å². The first-order valence-electron chi connectivity index (χ1n) is 7.52. The van der Waals surface area contributed by atoms with Crippen LogP contribution in [0.3, 0.4) is 0 Å². The molecule has 3 heterocycles. The van der Waals surface area contributed by atoms with Crippen LogP contribution in [-0.4, -0.2) is 32.3 Å². The monoisotopic (exact) mass is 289 g/mol. The summed E-state index contributed by atoms with van der Waals surface area (Å²) in [6.45, 7) is 7.23. The molecule has 3 rings (SSSR count). The number of aromatic nitrogens is 4. The molecule has 6 heteroatoms. The summed E-state index contributed by atoms with van der Waals surface area (Å²) >= 11 is 0. The zero-order valence-corrected chi connectivity index (χ0v) is 13.2. The van der Waals surface area contributed by atoms with Gasteiger partial charge in [0.25, 0.3) is 5.95 Å². The predicted molar refractivity (Wildman–Crippen MR) is 80.3 cm³/mol. The molecular formula is C15H23N5O. The number of hydrogen-bond donors (Lipinski definition) is 0. The maximum absolute atomic E-state index is 5.43. The highest BCUT2D eigenvalue weighted by Crippen LogP contribution is 2.28. The average molecular weight is 289 g/mol. The van der Waals surface area contributed by atoms with Crippen molar-refractivity contribution in [3.63, 3.8) is 0 Å². The Labute approximate surface area is 125 Å². The topological polar surface area (TPSA) is 60.0 Å². The van der Waals surface area contributed by atoms with E-state index in [0.717, 1.165) is 37.6 Å². The number of hydrogen-bond acceptors (Lipinski definition) is 5. The SMILES string of the molecule is Cn1ccnc1C[C@@H]1CCCN1c1noc(C(C)(C)C)n1. The van der Waals surface area contributed by atoms with Crippen LogP contribution in [0.15, 0.2) is 16.9 Å². The van der Waals surface area contributed by atoms with Gasteiger partial charge in [-0.3, -0.25) is 0 Å². The molecule has 1 saturated heterocycles. The van der Waals surface area contributed by atoms with Crippen LogP contribution in [0.4, 0.5) is 5.95 Å². The Morgan fingerprint density at radius 2 is 2.19 bits per heavy atom. The molecular weight excluding hydrogens is 266 g/mol. The molecule has 1 atom stereocenters. The first kappa shape index (κ1) is 14.1. The van der Waals surface area contributed by atoms with E-state index in [1.807, 2.05) is 19.4 Å². The standard InChI is InChI=1S/C15H23N5O/c1-15(2,3)13-17-14(18-21-13)20-8-5-6-11(20)10-12-16-7-9-19(12)4/h7,9,11H,5-6,8,10H2,1-4H3/t11-/m0/s1. The van der Waals surface area contributed by atoms with Gasteiger partial charge in [-0.1, -0.05) is 20.8 Å². The van der Waals surface area contributed by atoms with Gasteiger partial charge in [-0.05, 0) is 18.0 Å². The molecule has 1 aliphatic heterocycles. The molecule has 0 N–H and O–H groups in total. The van der Waals surface area contributed by atoms with Gasteiger partial charge in [0.1, 0.15) is 5.82 Å². The van der Waals surface area contributed by atoms with E-state index in [1.54, 1.807) is 0 Å². The summed E-state index contributed by atoms with van der Waals surface area (Å²) in [6, 6.07) is 0.400. The molecule has 6 nitrogen and oxygen atoms in total. The van der Waals surface area contributed by atoms with Crippen LogP contribution in [0.25, 0.3) is 0 Å². The van der Waals surface area contributed by atoms with E-state index in [-0.39, 0.29) is 5.41 Å². The lowest BCUT2D eigenvalue weighted by Gasteiger charge is -2.22. The second-order valence-corrected chi connectivity index (χ2v) is 6.80. The van der Waals surface area contributed by atoms with Crippen molar-refractivity contribution in [3.8, 4) is 0 Å². The maximum atomic E-state index is 5.43. The molecule has 0 aromatic carbocycles. The molecule has 1 fully saturated rings. The molecule has 0 saturated carbocycles. The largest absolute Gasteiger partial charge is 0.338 e. The van der Waals surface area contributed by atoms with Crippen molar-refractivity contribution in [2.75, 3.05) is 11.4 Å². The second-order valence-electron chi connectivity index (χ2n) is 6.80. The number of aryl methyl sites for hydroxylation is 1. The predicted octanol–water partition coefficient (Wildman–Crippen LogP) is 2.31. The van der Waals surface area contributed by atoms with Gasteiger partial charge >= 0.3 is 0 Å². The Bertz CT molecular complexity index is 610. The zero-order valence-electron chi connectivity index (χ0n) is 13.2. The molecule has 21 heavy (non-hydrogen) atoms. The summed E-state index contributed by atoms with van der Waals surface area (Å²) in [6.07, 6.45) is 7.06. The molecule has 0 radical (unpaired) electrons. The summed E-state index contributed by atoms with van der Waals surface area (Å²) in [7, 11) is 2.04. The quantitative estimate of drug-likeness (QED) is 0.867. The van der Waals surface area contributed by atoms with Gasteiger partial charge in [-0.25, -0.2) is 4.98 Å². The molecule has 0 spiro atoms. The molecule has 2 aromatic heterocycles. The minimum absolute atomic E-state index is 0.111. The molecule has 1 aliphatic rings. The second kappa shape index (κ2) is 5.16. The molecule has 0 bridgehead atoms. The van der Waals surface area contributed by atoms with E-state index >= 15 is 0 Å². The van der Waals surface area contributed by atoms with Crippen LogP contribution >= 0.6 is 0 Å². The van der Waals surface area contributed by atoms with Gasteiger partial charge in [-0.15, -0.1) is 0 Å². The summed E-state index contributed by atoms with van der Waals surface area (Å²) in [5, 5.41) is 4.18. The minimum Gasteiger partial charge on any atom is -0.338 e. The number of imidazole rings is 1. The van der Waals surface area contributed by atoms with Crippen LogP contribution in [0.1, 0.15) is 45.3 Å². The number of nitrogens with zero attached hydrogens (tertiary/aromatic N) is 5. The molecule has 0 aliphatic carbocycles. The third-order valence-corrected chi connectivity index (χ3v) is 4.03. The van der Waals surface area contributed by atoms with Gasteiger partial charge in [0, 0.05) is 43.9 Å². The minimum atomic E-state index is -0.111. The Morgan fingerprint density at radius 1 is 1.38 bits per heavy atom. The average Bonchev–Trinajstić information content (AvgIpc) is 3.10. The van der Waals surface area contributed by atoms with Crippen LogP contribution < -0.4 is 4.90 Å². The lowest BCUT2D eigenvalue weighted by molar-refractivity contribution is 0.320. The molecule has 0 unspecified atom stereocenters. The van der Waals surface area contributed by atoms with E-state index in [4.69, 9.17) is 4.52 Å². The van der Waals surface area contributed by atoms with E-state index < -0.39 is 0 Å².